The minimum Gasteiger partial charge on any atom is -0.441 e. The molecule has 1 N–H and O–H groups in total. The van der Waals surface area contributed by atoms with E-state index in [1.54, 1.807) is 38.1 Å². The molecule has 0 fully saturated rings. The number of nitrogens with one attached hydrogen (secondary N) is 1. The molecule has 10 heteroatoms. The quantitative estimate of drug-likeness (QED) is 0.577. The summed E-state index contributed by atoms with van der Waals surface area (Å²) in [5.74, 6) is -0.842. The molecule has 1 unspecified atom stereocenters. The van der Waals surface area contributed by atoms with E-state index in [2.05, 4.69) is 15.0 Å². The lowest BCUT2D eigenvalue weighted by Gasteiger charge is -2.18. The third-order valence-electron chi connectivity index (χ3n) is 5.21. The van der Waals surface area contributed by atoms with Crippen molar-refractivity contribution in [3.63, 3.8) is 0 Å². The molecule has 0 bridgehead atoms. The minimum absolute atomic E-state index is 0.154. The van der Waals surface area contributed by atoms with Crippen LogP contribution in [0.3, 0.4) is 0 Å². The molecule has 0 amide bonds. The van der Waals surface area contributed by atoms with E-state index in [9.17, 15) is 18.0 Å². The monoisotopic (exact) mass is 444 g/mol. The predicted molar refractivity (Wildman–Crippen MR) is 115 cm³/mol. The first kappa shape index (κ1) is 22.6. The minimum atomic E-state index is -3.98. The summed E-state index contributed by atoms with van der Waals surface area (Å²) >= 11 is 0. The van der Waals surface area contributed by atoms with Crippen LogP contribution in [0, 0.1) is 27.7 Å². The van der Waals surface area contributed by atoms with Gasteiger partial charge in [-0.25, -0.2) is 8.42 Å². The van der Waals surface area contributed by atoms with Crippen molar-refractivity contribution in [2.24, 2.45) is 0 Å². The highest BCUT2D eigenvalue weighted by Crippen LogP contribution is 2.26. The fourth-order valence-electron chi connectivity index (χ4n) is 3.28. The van der Waals surface area contributed by atoms with Crippen LogP contribution in [0.1, 0.15) is 29.2 Å². The largest absolute Gasteiger partial charge is 0.441 e. The number of carbonyl (C=O) groups excluding carboxylic acids is 1. The van der Waals surface area contributed by atoms with Gasteiger partial charge in [0.2, 0.25) is 10.0 Å². The van der Waals surface area contributed by atoms with E-state index in [0.717, 1.165) is 15.8 Å². The zero-order valence-corrected chi connectivity index (χ0v) is 18.8. The number of rotatable bonds is 6. The maximum Gasteiger partial charge on any atom is 0.325 e. The maximum absolute atomic E-state index is 13.0. The van der Waals surface area contributed by atoms with Gasteiger partial charge in [0.1, 0.15) is 11.6 Å². The number of benzene rings is 2. The fraction of sp³-hybridized carbons (Fsp3) is 0.333. The van der Waals surface area contributed by atoms with Gasteiger partial charge in [0.25, 0.3) is 5.56 Å². The smallest absolute Gasteiger partial charge is 0.325 e. The van der Waals surface area contributed by atoms with Crippen LogP contribution >= 0.6 is 0 Å². The molecule has 9 nitrogen and oxygen atoms in total. The molecule has 2 aromatic carbocycles. The number of carbonyl (C=O) groups is 1. The average Bonchev–Trinajstić information content (AvgIpc) is 2.71. The lowest BCUT2D eigenvalue weighted by molar-refractivity contribution is -0.149. The van der Waals surface area contributed by atoms with Gasteiger partial charge in [-0.1, -0.05) is 23.4 Å². The summed E-state index contributed by atoms with van der Waals surface area (Å²) in [6, 6.07) is 7.41. The Morgan fingerprint density at radius 2 is 1.74 bits per heavy atom. The van der Waals surface area contributed by atoms with Gasteiger partial charge in [0, 0.05) is 0 Å². The second-order valence-electron chi connectivity index (χ2n) is 7.44. The predicted octanol–water partition coefficient (Wildman–Crippen LogP) is 1.89. The van der Waals surface area contributed by atoms with Crippen molar-refractivity contribution < 1.29 is 17.9 Å². The normalized spacial score (nSPS) is 12.7. The Bertz CT molecular complexity index is 1310. The first-order chi connectivity index (χ1) is 14.5. The number of aromatic nitrogens is 3. The van der Waals surface area contributed by atoms with Crippen LogP contribution in [0.5, 0.6) is 0 Å². The lowest BCUT2D eigenvalue weighted by atomic mass is 10.0. The Balaban J connectivity index is 1.76. The Morgan fingerprint density at radius 1 is 1.13 bits per heavy atom. The van der Waals surface area contributed by atoms with E-state index in [-0.39, 0.29) is 4.90 Å². The van der Waals surface area contributed by atoms with Gasteiger partial charge in [0.05, 0.1) is 10.3 Å². The van der Waals surface area contributed by atoms with Crippen LogP contribution < -0.4 is 10.3 Å². The number of aryl methyl sites for hydroxylation is 2. The van der Waals surface area contributed by atoms with Crippen molar-refractivity contribution in [1.82, 2.24) is 19.7 Å². The van der Waals surface area contributed by atoms with Crippen molar-refractivity contribution in [2.45, 2.75) is 52.3 Å². The van der Waals surface area contributed by atoms with E-state index in [1.165, 1.54) is 6.92 Å². The van der Waals surface area contributed by atoms with Gasteiger partial charge in [-0.05, 0) is 69.0 Å². The molecule has 0 aliphatic carbocycles. The summed E-state index contributed by atoms with van der Waals surface area (Å²) in [5.41, 5.74) is 2.88. The zero-order chi connectivity index (χ0) is 22.9. The molecule has 0 spiro atoms. The summed E-state index contributed by atoms with van der Waals surface area (Å²) in [6.07, 6.45) is 0. The van der Waals surface area contributed by atoms with Crippen molar-refractivity contribution in [1.29, 1.82) is 0 Å². The van der Waals surface area contributed by atoms with Crippen molar-refractivity contribution >= 4 is 26.9 Å². The van der Waals surface area contributed by atoms with Crippen molar-refractivity contribution in [3.05, 3.63) is 62.9 Å². The molecular formula is C21H24N4O5S. The summed E-state index contributed by atoms with van der Waals surface area (Å²) in [7, 11) is -3.98. The molecule has 0 aliphatic heterocycles. The average molecular weight is 445 g/mol. The number of esters is 1. The highest BCUT2D eigenvalue weighted by atomic mass is 32.2. The van der Waals surface area contributed by atoms with Crippen molar-refractivity contribution in [3.8, 4) is 0 Å². The molecule has 0 radical (unpaired) electrons. The molecule has 31 heavy (non-hydrogen) atoms. The number of sulfonamides is 1. The van der Waals surface area contributed by atoms with Crippen LogP contribution in [-0.2, 0) is 26.3 Å². The Hall–Kier alpha value is -3.11. The first-order valence-electron chi connectivity index (χ1n) is 9.62. The van der Waals surface area contributed by atoms with E-state index in [4.69, 9.17) is 4.74 Å². The molecule has 3 rings (SSSR count). The van der Waals surface area contributed by atoms with E-state index >= 15 is 0 Å². The molecule has 0 aliphatic rings. The van der Waals surface area contributed by atoms with E-state index in [1.807, 2.05) is 19.9 Å². The summed E-state index contributed by atoms with van der Waals surface area (Å²) in [6.45, 7) is 8.02. The second-order valence-corrected chi connectivity index (χ2v) is 9.09. The number of nitrogens with zero attached hydrogens (tertiary/aromatic N) is 3. The molecule has 0 saturated heterocycles. The first-order valence-corrected chi connectivity index (χ1v) is 11.1. The van der Waals surface area contributed by atoms with E-state index in [0.29, 0.717) is 22.0 Å². The Morgan fingerprint density at radius 3 is 2.39 bits per heavy atom. The van der Waals surface area contributed by atoms with Gasteiger partial charge in [-0.3, -0.25) is 9.59 Å². The van der Waals surface area contributed by atoms with Crippen LogP contribution in [-0.4, -0.2) is 35.4 Å². The van der Waals surface area contributed by atoms with Crippen LogP contribution in [0.4, 0.5) is 0 Å². The fourth-order valence-corrected chi connectivity index (χ4v) is 5.09. The van der Waals surface area contributed by atoms with Gasteiger partial charge >= 0.3 is 5.97 Å². The Labute approximate surface area is 180 Å². The molecule has 0 saturated carbocycles. The molecule has 164 valence electrons. The lowest BCUT2D eigenvalue weighted by Crippen LogP contribution is -2.40. The molecular weight excluding hydrogens is 420 g/mol. The highest BCUT2D eigenvalue weighted by Gasteiger charge is 2.27. The Kier molecular flexibility index (Phi) is 6.23. The summed E-state index contributed by atoms with van der Waals surface area (Å²) in [4.78, 5) is 25.0. The maximum atomic E-state index is 13.0. The van der Waals surface area contributed by atoms with Gasteiger partial charge in [0.15, 0.2) is 6.73 Å². The van der Waals surface area contributed by atoms with Crippen LogP contribution in [0.15, 0.2) is 40.0 Å². The van der Waals surface area contributed by atoms with E-state index < -0.39 is 34.3 Å². The standard InChI is InChI=1S/C21H24N4O5S/c1-12-10-13(2)15(4)19(14(12)3)31(28,29)23-16(5)21(27)30-11-25-20(26)17-8-6-7-9-18(17)22-24-25/h6-10,16,23H,11H2,1-5H3. The van der Waals surface area contributed by atoms with Crippen molar-refractivity contribution in [2.75, 3.05) is 0 Å². The zero-order valence-electron chi connectivity index (χ0n) is 18.0. The number of hydrogen-bond acceptors (Lipinski definition) is 7. The molecule has 1 heterocycles. The summed E-state index contributed by atoms with van der Waals surface area (Å²) in [5, 5.41) is 7.99. The highest BCUT2D eigenvalue weighted by molar-refractivity contribution is 7.89. The van der Waals surface area contributed by atoms with Gasteiger partial charge in [-0.2, -0.15) is 9.40 Å². The third kappa shape index (κ3) is 4.49. The molecule has 3 aromatic rings. The molecule has 1 atom stereocenters. The molecule has 1 aromatic heterocycles. The third-order valence-corrected chi connectivity index (χ3v) is 7.02. The van der Waals surface area contributed by atoms with Gasteiger partial charge in [-0.15, -0.1) is 5.10 Å². The topological polar surface area (TPSA) is 120 Å². The van der Waals surface area contributed by atoms with Crippen LogP contribution in [0.25, 0.3) is 10.9 Å². The number of fused-ring (bicyclic) bond motifs is 1. The number of hydrogen-bond donors (Lipinski definition) is 1. The van der Waals surface area contributed by atoms with Gasteiger partial charge < -0.3 is 4.74 Å². The van der Waals surface area contributed by atoms with Crippen LogP contribution in [0.2, 0.25) is 0 Å². The SMILES string of the molecule is Cc1cc(C)c(C)c(S(=O)(=O)NC(C)C(=O)OCn2nnc3ccccc3c2=O)c1C. The second kappa shape index (κ2) is 8.56. The summed E-state index contributed by atoms with van der Waals surface area (Å²) < 4.78 is 34.3. The number of ether oxygens (including phenoxy) is 1.